The van der Waals surface area contributed by atoms with Crippen LogP contribution in [0.1, 0.15) is 32.8 Å². The maximum Gasteiger partial charge on any atom is 0.240 e. The van der Waals surface area contributed by atoms with Crippen molar-refractivity contribution in [2.24, 2.45) is 0 Å². The lowest BCUT2D eigenvalue weighted by molar-refractivity contribution is 0.133. The van der Waals surface area contributed by atoms with Gasteiger partial charge in [-0.05, 0) is 44.5 Å². The van der Waals surface area contributed by atoms with Crippen LogP contribution in [0.3, 0.4) is 0 Å². The van der Waals surface area contributed by atoms with Crippen LogP contribution in [0.25, 0.3) is 0 Å². The second-order valence-corrected chi connectivity index (χ2v) is 6.72. The molecule has 1 rings (SSSR count). The van der Waals surface area contributed by atoms with Gasteiger partial charge in [0.2, 0.25) is 10.0 Å². The quantitative estimate of drug-likeness (QED) is 0.647. The van der Waals surface area contributed by atoms with Gasteiger partial charge in [0.25, 0.3) is 0 Å². The summed E-state index contributed by atoms with van der Waals surface area (Å²) in [4.78, 5) is 0.282. The third kappa shape index (κ3) is 6.56. The Labute approximate surface area is 128 Å². The third-order valence-corrected chi connectivity index (χ3v) is 4.52. The normalized spacial score (nSPS) is 13.3. The van der Waals surface area contributed by atoms with Crippen LogP contribution in [0.2, 0.25) is 0 Å². The number of nitrogens with one attached hydrogen (secondary N) is 2. The van der Waals surface area contributed by atoms with Gasteiger partial charge in [-0.15, -0.1) is 0 Å². The van der Waals surface area contributed by atoms with Crippen LogP contribution in [0.15, 0.2) is 29.2 Å². The largest absolute Gasteiger partial charge is 0.380 e. The van der Waals surface area contributed by atoms with Crippen LogP contribution >= 0.6 is 0 Å². The molecule has 0 bridgehead atoms. The van der Waals surface area contributed by atoms with Gasteiger partial charge in [0.05, 0.1) is 11.5 Å². The van der Waals surface area contributed by atoms with Crippen molar-refractivity contribution in [2.75, 3.05) is 19.8 Å². The molecule has 1 aromatic rings. The Morgan fingerprint density at radius 1 is 1.19 bits per heavy atom. The van der Waals surface area contributed by atoms with Crippen molar-refractivity contribution in [3.63, 3.8) is 0 Å². The van der Waals surface area contributed by atoms with Gasteiger partial charge in [-0.25, -0.2) is 13.1 Å². The zero-order valence-corrected chi connectivity index (χ0v) is 13.9. The first kappa shape index (κ1) is 18.1. The van der Waals surface area contributed by atoms with Crippen molar-refractivity contribution >= 4 is 10.0 Å². The smallest absolute Gasteiger partial charge is 0.240 e. The summed E-state index contributed by atoms with van der Waals surface area (Å²) in [7, 11) is -3.48. The van der Waals surface area contributed by atoms with E-state index in [1.807, 2.05) is 19.1 Å². The van der Waals surface area contributed by atoms with Gasteiger partial charge in [0, 0.05) is 19.2 Å². The molecular formula is C15H26N2O3S. The lowest BCUT2D eigenvalue weighted by Crippen LogP contribution is -2.35. The van der Waals surface area contributed by atoms with Crippen LogP contribution in [0.5, 0.6) is 0 Å². The zero-order chi connectivity index (χ0) is 15.7. The maximum atomic E-state index is 12.2. The minimum Gasteiger partial charge on any atom is -0.380 e. The second kappa shape index (κ2) is 9.15. The van der Waals surface area contributed by atoms with Crippen molar-refractivity contribution in [3.8, 4) is 0 Å². The lowest BCUT2D eigenvalue weighted by Gasteiger charge is -2.14. The van der Waals surface area contributed by atoms with E-state index in [2.05, 4.69) is 17.0 Å². The number of hydrogen-bond donors (Lipinski definition) is 2. The van der Waals surface area contributed by atoms with Gasteiger partial charge >= 0.3 is 0 Å². The van der Waals surface area contributed by atoms with E-state index in [9.17, 15) is 8.42 Å². The van der Waals surface area contributed by atoms with E-state index >= 15 is 0 Å². The van der Waals surface area contributed by atoms with E-state index < -0.39 is 10.0 Å². The average Bonchev–Trinajstić information content (AvgIpc) is 2.45. The molecule has 0 saturated carbocycles. The summed E-state index contributed by atoms with van der Waals surface area (Å²) in [6.45, 7) is 8.43. The minimum absolute atomic E-state index is 0.249. The Kier molecular flexibility index (Phi) is 7.88. The highest BCUT2D eigenvalue weighted by atomic mass is 32.2. The average molecular weight is 314 g/mol. The zero-order valence-electron chi connectivity index (χ0n) is 13.1. The summed E-state index contributed by atoms with van der Waals surface area (Å²) in [6, 6.07) is 6.70. The summed E-state index contributed by atoms with van der Waals surface area (Å²) >= 11 is 0. The van der Waals surface area contributed by atoms with E-state index in [4.69, 9.17) is 4.74 Å². The Hall–Kier alpha value is -0.950. The molecule has 0 heterocycles. The first-order valence-corrected chi connectivity index (χ1v) is 8.87. The predicted molar refractivity (Wildman–Crippen MR) is 84.7 cm³/mol. The molecule has 1 aromatic carbocycles. The van der Waals surface area contributed by atoms with Gasteiger partial charge in [0.1, 0.15) is 0 Å². The summed E-state index contributed by atoms with van der Waals surface area (Å²) in [6.07, 6.45) is 1.08. The number of rotatable bonds is 10. The van der Waals surface area contributed by atoms with Crippen molar-refractivity contribution in [1.29, 1.82) is 0 Å². The molecular weight excluding hydrogens is 288 g/mol. The van der Waals surface area contributed by atoms with Crippen LogP contribution in [0.4, 0.5) is 0 Å². The van der Waals surface area contributed by atoms with Crippen molar-refractivity contribution in [1.82, 2.24) is 10.0 Å². The topological polar surface area (TPSA) is 67.4 Å². The summed E-state index contributed by atoms with van der Waals surface area (Å²) in [5, 5.41) is 3.28. The molecule has 0 aliphatic rings. The van der Waals surface area contributed by atoms with Gasteiger partial charge in [0.15, 0.2) is 0 Å². The van der Waals surface area contributed by atoms with Gasteiger partial charge in [-0.1, -0.05) is 19.1 Å². The maximum absolute atomic E-state index is 12.2. The van der Waals surface area contributed by atoms with E-state index in [0.29, 0.717) is 13.2 Å². The van der Waals surface area contributed by atoms with Gasteiger partial charge in [-0.3, -0.25) is 0 Å². The highest BCUT2D eigenvalue weighted by Gasteiger charge is 2.17. The molecule has 0 aromatic heterocycles. The van der Waals surface area contributed by atoms with E-state index in [1.54, 1.807) is 19.1 Å². The molecule has 6 heteroatoms. The first-order valence-electron chi connectivity index (χ1n) is 7.39. The molecule has 21 heavy (non-hydrogen) atoms. The molecule has 1 atom stereocenters. The molecule has 0 amide bonds. The first-order chi connectivity index (χ1) is 9.99. The van der Waals surface area contributed by atoms with E-state index in [0.717, 1.165) is 25.1 Å². The molecule has 2 N–H and O–H groups in total. The number of ether oxygens (including phenoxy) is 1. The fourth-order valence-electron chi connectivity index (χ4n) is 1.86. The van der Waals surface area contributed by atoms with Crippen molar-refractivity contribution in [3.05, 3.63) is 29.8 Å². The molecule has 0 radical (unpaired) electrons. The number of sulfonamides is 1. The standard InChI is InChI=1S/C15H26N2O3S/c1-4-10-16-11-14-6-8-15(9-7-14)21(18,19)17-13(3)12-20-5-2/h6-9,13,16-17H,4-5,10-12H2,1-3H3. The van der Waals surface area contributed by atoms with E-state index in [1.165, 1.54) is 0 Å². The molecule has 0 fully saturated rings. The van der Waals surface area contributed by atoms with Gasteiger partial charge in [-0.2, -0.15) is 0 Å². The highest BCUT2D eigenvalue weighted by Crippen LogP contribution is 2.11. The fraction of sp³-hybridized carbons (Fsp3) is 0.600. The Morgan fingerprint density at radius 3 is 2.43 bits per heavy atom. The Bertz CT molecular complexity index is 500. The fourth-order valence-corrected chi connectivity index (χ4v) is 3.09. The summed E-state index contributed by atoms with van der Waals surface area (Å²) < 4.78 is 32.2. The predicted octanol–water partition coefficient (Wildman–Crippen LogP) is 1.89. The van der Waals surface area contributed by atoms with Crippen LogP contribution in [-0.2, 0) is 21.3 Å². The summed E-state index contributed by atoms with van der Waals surface area (Å²) in [5.41, 5.74) is 1.07. The van der Waals surface area contributed by atoms with E-state index in [-0.39, 0.29) is 10.9 Å². The third-order valence-electron chi connectivity index (χ3n) is 2.92. The molecule has 5 nitrogen and oxygen atoms in total. The molecule has 0 saturated heterocycles. The number of hydrogen-bond acceptors (Lipinski definition) is 4. The Balaban J connectivity index is 2.62. The minimum atomic E-state index is -3.48. The van der Waals surface area contributed by atoms with Crippen molar-refractivity contribution < 1.29 is 13.2 Å². The SMILES string of the molecule is CCCNCc1ccc(S(=O)(=O)NC(C)COCC)cc1. The second-order valence-electron chi connectivity index (χ2n) is 5.00. The molecule has 120 valence electrons. The molecule has 0 aliphatic carbocycles. The highest BCUT2D eigenvalue weighted by molar-refractivity contribution is 7.89. The number of benzene rings is 1. The monoisotopic (exact) mass is 314 g/mol. The molecule has 0 aliphatic heterocycles. The Morgan fingerprint density at radius 2 is 1.86 bits per heavy atom. The van der Waals surface area contributed by atoms with Crippen LogP contribution < -0.4 is 10.0 Å². The van der Waals surface area contributed by atoms with Gasteiger partial charge < -0.3 is 10.1 Å². The lowest BCUT2D eigenvalue weighted by atomic mass is 10.2. The summed E-state index contributed by atoms with van der Waals surface area (Å²) in [5.74, 6) is 0. The van der Waals surface area contributed by atoms with Crippen LogP contribution in [0, 0.1) is 0 Å². The van der Waals surface area contributed by atoms with Crippen LogP contribution in [-0.4, -0.2) is 34.2 Å². The van der Waals surface area contributed by atoms with Crippen molar-refractivity contribution in [2.45, 2.75) is 44.7 Å². The molecule has 0 spiro atoms. The molecule has 1 unspecified atom stereocenters.